The first-order chi connectivity index (χ1) is 24.9. The third-order valence-corrected chi connectivity index (χ3v) is 65.4. The fourth-order valence-electron chi connectivity index (χ4n) is 11.3. The van der Waals surface area contributed by atoms with Crippen molar-refractivity contribution in [1.29, 1.82) is 0 Å². The maximum atomic E-state index is 9.01. The fourth-order valence-corrected chi connectivity index (χ4v) is 42.6. The molecule has 2 saturated carbocycles. The molecule has 2 fully saturated rings. The van der Waals surface area contributed by atoms with Gasteiger partial charge in [0.1, 0.15) is 0 Å². The summed E-state index contributed by atoms with van der Waals surface area (Å²) >= 11 is -4.94. The van der Waals surface area contributed by atoms with Gasteiger partial charge in [0.05, 0.1) is 0 Å². The average Bonchev–Trinajstić information content (AvgIpc) is 3.90. The molecule has 0 amide bonds. The molecular formula is C48H57Cl2SiZr. The number of benzene rings is 4. The van der Waals surface area contributed by atoms with Crippen molar-refractivity contribution in [2.24, 2.45) is 11.8 Å². The molecule has 0 aromatic heterocycles. The maximum absolute atomic E-state index is 9.01. The van der Waals surface area contributed by atoms with Crippen molar-refractivity contribution < 1.29 is 15.6 Å². The molecule has 2 unspecified atom stereocenters. The van der Waals surface area contributed by atoms with Crippen LogP contribution >= 0.6 is 17.0 Å². The fraction of sp³-hybridized carbons (Fsp3) is 0.417. The Morgan fingerprint density at radius 1 is 0.558 bits per heavy atom. The summed E-state index contributed by atoms with van der Waals surface area (Å²) in [5.41, 5.74) is 19.4. The number of aryl methyl sites for hydroxylation is 4. The zero-order valence-corrected chi connectivity index (χ0v) is 37.4. The molecule has 4 aliphatic rings. The van der Waals surface area contributed by atoms with Crippen molar-refractivity contribution in [3.05, 3.63) is 128 Å². The summed E-state index contributed by atoms with van der Waals surface area (Å²) in [5.74, 6) is -0.202. The molecule has 271 valence electrons. The van der Waals surface area contributed by atoms with Gasteiger partial charge in [0.25, 0.3) is 0 Å². The summed E-state index contributed by atoms with van der Waals surface area (Å²) in [5, 5.41) is 0. The van der Waals surface area contributed by atoms with Gasteiger partial charge < -0.3 is 0 Å². The molecule has 4 heteroatoms. The van der Waals surface area contributed by atoms with Crippen LogP contribution in [0.25, 0.3) is 34.4 Å². The quantitative estimate of drug-likeness (QED) is 0.148. The van der Waals surface area contributed by atoms with Crippen LogP contribution in [0.4, 0.5) is 0 Å². The Morgan fingerprint density at radius 2 is 0.923 bits per heavy atom. The monoisotopic (exact) mass is 821 g/mol. The number of rotatable bonds is 9. The van der Waals surface area contributed by atoms with Gasteiger partial charge in [0, 0.05) is 0 Å². The Hall–Kier alpha value is -1.96. The van der Waals surface area contributed by atoms with Crippen LogP contribution < -0.4 is 0 Å². The van der Waals surface area contributed by atoms with Gasteiger partial charge in [-0.1, -0.05) is 0 Å². The molecule has 2 atom stereocenters. The summed E-state index contributed by atoms with van der Waals surface area (Å²) in [4.78, 5) is 0. The van der Waals surface area contributed by atoms with Crippen LogP contribution in [-0.2, 0) is 15.6 Å². The second-order valence-corrected chi connectivity index (χ2v) is 60.3. The Morgan fingerprint density at radius 3 is 1.27 bits per heavy atom. The second-order valence-electron chi connectivity index (χ2n) is 17.8. The number of allylic oxidation sites excluding steroid dienone is 2. The van der Waals surface area contributed by atoms with Crippen LogP contribution in [0, 0.1) is 39.5 Å². The van der Waals surface area contributed by atoms with Crippen LogP contribution in [0.3, 0.4) is 0 Å². The molecule has 0 bridgehead atoms. The van der Waals surface area contributed by atoms with Crippen molar-refractivity contribution in [2.45, 2.75) is 112 Å². The zero-order valence-electron chi connectivity index (χ0n) is 32.3. The number of hydrogen-bond acceptors (Lipinski definition) is 0. The Kier molecular flexibility index (Phi) is 10.2. The first kappa shape index (κ1) is 37.0. The van der Waals surface area contributed by atoms with Crippen molar-refractivity contribution in [2.75, 3.05) is 0 Å². The molecule has 52 heavy (non-hydrogen) atoms. The molecule has 4 aromatic carbocycles. The van der Waals surface area contributed by atoms with E-state index < -0.39 is 21.5 Å². The third kappa shape index (κ3) is 6.48. The van der Waals surface area contributed by atoms with Gasteiger partial charge in [-0.3, -0.25) is 0 Å². The molecular weight excluding hydrogens is 767 g/mol. The summed E-state index contributed by atoms with van der Waals surface area (Å²) < 4.78 is 0.288. The molecule has 8 rings (SSSR count). The topological polar surface area (TPSA) is 0 Å². The van der Waals surface area contributed by atoms with E-state index in [9.17, 15) is 0 Å². The van der Waals surface area contributed by atoms with E-state index >= 15 is 0 Å². The van der Waals surface area contributed by atoms with Crippen molar-refractivity contribution in [1.82, 2.24) is 0 Å². The van der Waals surface area contributed by atoms with Crippen molar-refractivity contribution in [3.63, 3.8) is 0 Å². The Labute approximate surface area is 322 Å². The standard InChI is InChI=1S/2C23H25.C2H7Si.2ClH.Zr/c2*1-16-10-17(2)12-21(11-16)22-9-5-8-20-14-19(15-23(20)22)13-18-6-3-4-7-18;1-3-2;;;/h2*5,8-12,14-15,18H,3-4,6-7,13H2,1-2H3;3H,1-2H3;2*1H;/q;;;;;+2/p-2. The van der Waals surface area contributed by atoms with E-state index in [1.807, 2.05) is 0 Å². The molecule has 4 aromatic rings. The minimum absolute atomic E-state index is 0.144. The van der Waals surface area contributed by atoms with Crippen LogP contribution in [0.5, 0.6) is 0 Å². The number of fused-ring (bicyclic) bond motifs is 2. The predicted molar refractivity (Wildman–Crippen MR) is 228 cm³/mol. The van der Waals surface area contributed by atoms with Gasteiger partial charge in [-0.05, 0) is 0 Å². The normalized spacial score (nSPS) is 21.3. The van der Waals surface area contributed by atoms with Crippen LogP contribution in [0.1, 0.15) is 116 Å². The molecule has 0 aliphatic heterocycles. The first-order valence-electron chi connectivity index (χ1n) is 20.3. The molecule has 0 radical (unpaired) electrons. The van der Waals surface area contributed by atoms with E-state index in [1.165, 1.54) is 118 Å². The average molecular weight is 824 g/mol. The van der Waals surface area contributed by atoms with Gasteiger partial charge in [0.15, 0.2) is 0 Å². The van der Waals surface area contributed by atoms with Gasteiger partial charge in [-0.2, -0.15) is 0 Å². The van der Waals surface area contributed by atoms with Gasteiger partial charge in [-0.25, -0.2) is 0 Å². The van der Waals surface area contributed by atoms with E-state index in [0.29, 0.717) is 0 Å². The second kappa shape index (κ2) is 14.3. The van der Waals surface area contributed by atoms with E-state index in [0.717, 1.165) is 24.7 Å². The van der Waals surface area contributed by atoms with Crippen molar-refractivity contribution >= 4 is 35.1 Å². The molecule has 0 N–H and O–H groups in total. The van der Waals surface area contributed by atoms with Gasteiger partial charge in [0.2, 0.25) is 0 Å². The molecule has 4 aliphatic carbocycles. The van der Waals surface area contributed by atoms with E-state index in [2.05, 4.69) is 126 Å². The molecule has 0 heterocycles. The van der Waals surface area contributed by atoms with Crippen molar-refractivity contribution in [3.8, 4) is 22.3 Å². The third-order valence-electron chi connectivity index (χ3n) is 13.6. The number of hydrogen-bond donors (Lipinski definition) is 0. The SMILES string of the molecule is Cc1cc(C)cc(-c2cccc3c2C=C(CC2CCCC2)[CH]3[Zr]([Cl])([Cl])([CH]2C(CC3CCCC3)=Cc3c(-c4cc(C)cc(C)c4)cccc32)[SiH](C)C)c1. The zero-order chi connectivity index (χ0) is 36.4. The number of halogens is 2. The minimum atomic E-state index is -4.94. The molecule has 0 nitrogen and oxygen atoms in total. The summed E-state index contributed by atoms with van der Waals surface area (Å²) in [6, 6.07) is 28.3. The first-order valence-corrected chi connectivity index (χ1v) is 36.6. The Bertz CT molecular complexity index is 1910. The van der Waals surface area contributed by atoms with Gasteiger partial charge in [-0.15, -0.1) is 0 Å². The molecule has 0 spiro atoms. The summed E-state index contributed by atoms with van der Waals surface area (Å²) in [6.45, 7) is 14.0. The van der Waals surface area contributed by atoms with E-state index in [-0.39, 0.29) is 7.25 Å². The van der Waals surface area contributed by atoms with Crippen LogP contribution in [-0.4, -0.2) is 5.92 Å². The summed E-state index contributed by atoms with van der Waals surface area (Å²) in [6.07, 6.45) is 18.2. The van der Waals surface area contributed by atoms with Crippen LogP contribution in [0.15, 0.2) is 83.9 Å². The van der Waals surface area contributed by atoms with Crippen LogP contribution in [0.2, 0.25) is 13.1 Å². The Balaban J connectivity index is 1.35. The van der Waals surface area contributed by atoms with Gasteiger partial charge >= 0.3 is 325 Å². The summed E-state index contributed by atoms with van der Waals surface area (Å²) in [7, 11) is 18.0. The predicted octanol–water partition coefficient (Wildman–Crippen LogP) is 15.0. The van der Waals surface area contributed by atoms with E-state index in [4.69, 9.17) is 17.0 Å². The van der Waals surface area contributed by atoms with E-state index in [1.54, 1.807) is 11.1 Å². The molecule has 0 saturated heterocycles.